The predicted molar refractivity (Wildman–Crippen MR) is 102 cm³/mol. The van der Waals surface area contributed by atoms with E-state index in [-0.39, 0.29) is 25.0 Å². The Kier molecular flexibility index (Phi) is 6.37. The van der Waals surface area contributed by atoms with Crippen molar-refractivity contribution in [3.05, 3.63) is 35.7 Å². The third kappa shape index (κ3) is 5.14. The van der Waals surface area contributed by atoms with Gasteiger partial charge in [-0.3, -0.25) is 19.4 Å². The van der Waals surface area contributed by atoms with E-state index in [0.717, 1.165) is 18.7 Å². The van der Waals surface area contributed by atoms with Crippen LogP contribution in [0.25, 0.3) is 11.4 Å². The Morgan fingerprint density at radius 3 is 2.54 bits per heavy atom. The lowest BCUT2D eigenvalue weighted by atomic mass is 10.1. The van der Waals surface area contributed by atoms with Crippen LogP contribution in [0.1, 0.15) is 24.4 Å². The zero-order valence-corrected chi connectivity index (χ0v) is 16.1. The van der Waals surface area contributed by atoms with E-state index in [0.29, 0.717) is 24.8 Å². The summed E-state index contributed by atoms with van der Waals surface area (Å²) in [6.45, 7) is 6.85. The summed E-state index contributed by atoms with van der Waals surface area (Å²) in [5.41, 5.74) is 2.10. The molecule has 1 saturated heterocycles. The minimum absolute atomic E-state index is 0.0188. The molecule has 0 aliphatic carbocycles. The fourth-order valence-corrected chi connectivity index (χ4v) is 3.12. The molecule has 2 heterocycles. The number of aryl methyl sites for hydroxylation is 1. The molecule has 1 unspecified atom stereocenters. The number of rotatable bonds is 7. The van der Waals surface area contributed by atoms with Crippen LogP contribution in [0.2, 0.25) is 0 Å². The molecule has 1 amide bonds. The van der Waals surface area contributed by atoms with E-state index < -0.39 is 5.97 Å². The summed E-state index contributed by atoms with van der Waals surface area (Å²) in [6.07, 6.45) is 0. The third-order valence-electron chi connectivity index (χ3n) is 4.87. The summed E-state index contributed by atoms with van der Waals surface area (Å²) in [5, 5.41) is 15.1. The lowest BCUT2D eigenvalue weighted by Crippen LogP contribution is -2.50. The van der Waals surface area contributed by atoms with Gasteiger partial charge in [0.1, 0.15) is 6.54 Å². The number of nitrogens with one attached hydrogen (secondary N) is 1. The van der Waals surface area contributed by atoms with Crippen LogP contribution in [0, 0.1) is 6.92 Å². The Labute approximate surface area is 163 Å². The van der Waals surface area contributed by atoms with Gasteiger partial charge < -0.3 is 14.9 Å². The number of aliphatic carboxylic acids is 1. The number of carboxylic acid groups (broad SMARTS) is 1. The van der Waals surface area contributed by atoms with E-state index in [1.54, 1.807) is 0 Å². The highest BCUT2D eigenvalue weighted by Gasteiger charge is 2.26. The maximum atomic E-state index is 11.7. The molecule has 1 atom stereocenters. The van der Waals surface area contributed by atoms with Gasteiger partial charge >= 0.3 is 5.97 Å². The summed E-state index contributed by atoms with van der Waals surface area (Å²) in [5.74, 6) is -0.168. The van der Waals surface area contributed by atoms with Gasteiger partial charge in [-0.05, 0) is 13.8 Å². The maximum Gasteiger partial charge on any atom is 0.322 e. The lowest BCUT2D eigenvalue weighted by Gasteiger charge is -2.36. The van der Waals surface area contributed by atoms with Crippen molar-refractivity contribution in [3.63, 3.8) is 0 Å². The second-order valence-electron chi connectivity index (χ2n) is 6.98. The Balaban J connectivity index is 1.51. The molecule has 2 aromatic rings. The molecule has 2 N–H and O–H groups in total. The first-order valence-electron chi connectivity index (χ1n) is 9.28. The van der Waals surface area contributed by atoms with Gasteiger partial charge in [0.2, 0.25) is 17.6 Å². The molecule has 9 heteroatoms. The molecule has 9 nitrogen and oxygen atoms in total. The SMILES string of the molecule is Cc1ccc(-c2noc(C(C)N3CCN(CC(=O)NCC(=O)O)CC3)n2)cc1. The van der Waals surface area contributed by atoms with Crippen molar-refractivity contribution in [2.45, 2.75) is 19.9 Å². The van der Waals surface area contributed by atoms with Crippen molar-refractivity contribution in [1.82, 2.24) is 25.3 Å². The molecule has 3 rings (SSSR count). The van der Waals surface area contributed by atoms with Crippen molar-refractivity contribution in [1.29, 1.82) is 0 Å². The zero-order chi connectivity index (χ0) is 20.1. The Morgan fingerprint density at radius 2 is 1.89 bits per heavy atom. The second kappa shape index (κ2) is 8.94. The molecule has 1 aliphatic rings. The van der Waals surface area contributed by atoms with Gasteiger partial charge in [-0.2, -0.15) is 4.98 Å². The number of amides is 1. The smallest absolute Gasteiger partial charge is 0.322 e. The number of piperazine rings is 1. The van der Waals surface area contributed by atoms with Crippen molar-refractivity contribution >= 4 is 11.9 Å². The molecule has 1 aliphatic heterocycles. The quantitative estimate of drug-likeness (QED) is 0.721. The fourth-order valence-electron chi connectivity index (χ4n) is 3.12. The van der Waals surface area contributed by atoms with Gasteiger partial charge in [-0.25, -0.2) is 0 Å². The largest absolute Gasteiger partial charge is 0.480 e. The van der Waals surface area contributed by atoms with Gasteiger partial charge in [0.25, 0.3) is 0 Å². The molecule has 1 fully saturated rings. The van der Waals surface area contributed by atoms with Crippen LogP contribution in [0.4, 0.5) is 0 Å². The van der Waals surface area contributed by atoms with Crippen LogP contribution < -0.4 is 5.32 Å². The van der Waals surface area contributed by atoms with Crippen molar-refractivity contribution in [2.24, 2.45) is 0 Å². The Morgan fingerprint density at radius 1 is 1.21 bits per heavy atom. The van der Waals surface area contributed by atoms with E-state index in [4.69, 9.17) is 9.63 Å². The van der Waals surface area contributed by atoms with Crippen LogP contribution >= 0.6 is 0 Å². The molecule has 0 bridgehead atoms. The minimum Gasteiger partial charge on any atom is -0.480 e. The molecular formula is C19H25N5O4. The van der Waals surface area contributed by atoms with Crippen LogP contribution in [0.3, 0.4) is 0 Å². The molecule has 0 radical (unpaired) electrons. The number of benzene rings is 1. The third-order valence-corrected chi connectivity index (χ3v) is 4.87. The topological polar surface area (TPSA) is 112 Å². The first-order chi connectivity index (χ1) is 13.4. The van der Waals surface area contributed by atoms with E-state index in [1.807, 2.05) is 43.0 Å². The van der Waals surface area contributed by atoms with Crippen molar-refractivity contribution < 1.29 is 19.2 Å². The van der Waals surface area contributed by atoms with Gasteiger partial charge in [0.05, 0.1) is 12.6 Å². The highest BCUT2D eigenvalue weighted by Crippen LogP contribution is 2.23. The molecule has 1 aromatic heterocycles. The van der Waals surface area contributed by atoms with Crippen LogP contribution in [-0.4, -0.2) is 76.2 Å². The number of nitrogens with zero attached hydrogens (tertiary/aromatic N) is 4. The number of aromatic nitrogens is 2. The molecule has 0 saturated carbocycles. The first-order valence-corrected chi connectivity index (χ1v) is 9.28. The van der Waals surface area contributed by atoms with Gasteiger partial charge in [0, 0.05) is 31.7 Å². The Bertz CT molecular complexity index is 812. The van der Waals surface area contributed by atoms with Crippen LogP contribution in [-0.2, 0) is 9.59 Å². The van der Waals surface area contributed by atoms with E-state index in [1.165, 1.54) is 5.56 Å². The molecule has 150 valence electrons. The summed E-state index contributed by atoms with van der Waals surface area (Å²) >= 11 is 0. The standard InChI is InChI=1S/C19H25N5O4/c1-13-3-5-15(6-4-13)18-21-19(28-22-18)14(2)24-9-7-23(8-10-24)12-16(25)20-11-17(26)27/h3-6,14H,7-12H2,1-2H3,(H,20,25)(H,26,27). The Hall–Kier alpha value is -2.78. The average Bonchev–Trinajstić information content (AvgIpc) is 3.17. The van der Waals surface area contributed by atoms with Gasteiger partial charge in [0.15, 0.2) is 0 Å². The van der Waals surface area contributed by atoms with Gasteiger partial charge in [-0.15, -0.1) is 0 Å². The number of hydrogen-bond acceptors (Lipinski definition) is 7. The van der Waals surface area contributed by atoms with E-state index >= 15 is 0 Å². The summed E-state index contributed by atoms with van der Waals surface area (Å²) < 4.78 is 5.47. The fraction of sp³-hybridized carbons (Fsp3) is 0.474. The van der Waals surface area contributed by atoms with Crippen LogP contribution in [0.5, 0.6) is 0 Å². The number of carbonyl (C=O) groups is 2. The van der Waals surface area contributed by atoms with E-state index in [9.17, 15) is 9.59 Å². The minimum atomic E-state index is -1.04. The summed E-state index contributed by atoms with van der Waals surface area (Å²) in [4.78, 5) is 31.0. The summed E-state index contributed by atoms with van der Waals surface area (Å²) in [6, 6.07) is 7.96. The molecule has 0 spiro atoms. The number of carboxylic acids is 1. The van der Waals surface area contributed by atoms with Crippen LogP contribution in [0.15, 0.2) is 28.8 Å². The summed E-state index contributed by atoms with van der Waals surface area (Å²) in [7, 11) is 0. The lowest BCUT2D eigenvalue weighted by molar-refractivity contribution is -0.138. The number of carbonyl (C=O) groups excluding carboxylic acids is 1. The van der Waals surface area contributed by atoms with E-state index in [2.05, 4.69) is 20.4 Å². The average molecular weight is 387 g/mol. The molecule has 1 aromatic carbocycles. The highest BCUT2D eigenvalue weighted by atomic mass is 16.5. The normalized spacial score (nSPS) is 16.6. The first kappa shape index (κ1) is 20.0. The molecule has 28 heavy (non-hydrogen) atoms. The monoisotopic (exact) mass is 387 g/mol. The maximum absolute atomic E-state index is 11.7. The zero-order valence-electron chi connectivity index (χ0n) is 16.1. The predicted octanol–water partition coefficient (Wildman–Crippen LogP) is 0.924. The number of hydrogen-bond donors (Lipinski definition) is 2. The molecular weight excluding hydrogens is 362 g/mol. The second-order valence-corrected chi connectivity index (χ2v) is 6.98. The van der Waals surface area contributed by atoms with Crippen molar-refractivity contribution in [3.8, 4) is 11.4 Å². The van der Waals surface area contributed by atoms with Gasteiger partial charge in [-0.1, -0.05) is 35.0 Å². The van der Waals surface area contributed by atoms with Crippen molar-refractivity contribution in [2.75, 3.05) is 39.3 Å². The highest BCUT2D eigenvalue weighted by molar-refractivity contribution is 5.82.